The third-order valence-electron chi connectivity index (χ3n) is 9.17. The molecule has 0 aliphatic carbocycles. The fourth-order valence-electron chi connectivity index (χ4n) is 6.48. The molecule has 3 aromatic carbocycles. The lowest BCUT2D eigenvalue weighted by Crippen LogP contribution is -2.49. The Morgan fingerprint density at radius 2 is 1.64 bits per heavy atom. The van der Waals surface area contributed by atoms with Gasteiger partial charge in [-0.25, -0.2) is 33.2 Å². The third-order valence-corrected chi connectivity index (χ3v) is 9.17. The van der Waals surface area contributed by atoms with Gasteiger partial charge in [-0.05, 0) is 60.2 Å². The van der Waals surface area contributed by atoms with Gasteiger partial charge < -0.3 is 15.1 Å². The molecule has 1 saturated heterocycles. The van der Waals surface area contributed by atoms with Gasteiger partial charge in [-0.3, -0.25) is 23.9 Å². The van der Waals surface area contributed by atoms with E-state index in [1.54, 1.807) is 30.4 Å². The topological polar surface area (TPSA) is 169 Å². The maximum atomic E-state index is 15.0. The number of anilines is 3. The van der Waals surface area contributed by atoms with Gasteiger partial charge >= 0.3 is 5.69 Å². The molecule has 4 aromatic heterocycles. The standard InChI is InChI=1S/C36H29F2N11O4/c1-45-32(51)25-19-41-34(43-30(25)49(45)35-39-12-3-13-40-35)42-22-7-9-23(10-8-22)46-14-16-47(17-15-46)33(52)24-18-21(6-11-26(24)37)20-48-28-5-2-4-27(38)29(28)31(50)44-36(48)53/h2-13,18-19H,14-17,20H2,1H3,(H,41,42,43)(H,44,50,53). The van der Waals surface area contributed by atoms with Crippen molar-refractivity contribution in [3.63, 3.8) is 0 Å². The van der Waals surface area contributed by atoms with Crippen molar-refractivity contribution in [2.45, 2.75) is 6.54 Å². The van der Waals surface area contributed by atoms with Crippen LogP contribution in [-0.4, -0.2) is 75.8 Å². The van der Waals surface area contributed by atoms with Gasteiger partial charge in [0.1, 0.15) is 17.0 Å². The van der Waals surface area contributed by atoms with Gasteiger partial charge in [0.2, 0.25) is 5.95 Å². The fourth-order valence-corrected chi connectivity index (χ4v) is 6.48. The Hall–Kier alpha value is -7.04. The second kappa shape index (κ2) is 13.3. The van der Waals surface area contributed by atoms with Crippen LogP contribution in [-0.2, 0) is 13.6 Å². The van der Waals surface area contributed by atoms with Gasteiger partial charge in [-0.2, -0.15) is 9.67 Å². The number of amides is 1. The number of hydrogen-bond donors (Lipinski definition) is 2. The van der Waals surface area contributed by atoms with Gasteiger partial charge in [0.15, 0.2) is 5.65 Å². The highest BCUT2D eigenvalue weighted by molar-refractivity contribution is 5.95. The fraction of sp³-hybridized carbons (Fsp3) is 0.167. The molecule has 0 spiro atoms. The maximum Gasteiger partial charge on any atom is 0.329 e. The number of carbonyl (C=O) groups is 1. The molecule has 5 heterocycles. The van der Waals surface area contributed by atoms with Crippen molar-refractivity contribution in [2.75, 3.05) is 36.4 Å². The van der Waals surface area contributed by atoms with E-state index in [1.165, 1.54) is 44.4 Å². The molecule has 0 radical (unpaired) electrons. The van der Waals surface area contributed by atoms with E-state index in [4.69, 9.17) is 0 Å². The smallest absolute Gasteiger partial charge is 0.329 e. The Bertz CT molecular complexity index is 2720. The molecule has 266 valence electrons. The summed E-state index contributed by atoms with van der Waals surface area (Å²) in [5.74, 6) is -1.40. The van der Waals surface area contributed by atoms with Crippen molar-refractivity contribution in [3.05, 3.63) is 139 Å². The summed E-state index contributed by atoms with van der Waals surface area (Å²) in [7, 11) is 1.60. The number of hydrogen-bond acceptors (Lipinski definition) is 10. The molecule has 1 amide bonds. The molecule has 17 heteroatoms. The minimum Gasteiger partial charge on any atom is -0.368 e. The van der Waals surface area contributed by atoms with Crippen molar-refractivity contribution >= 4 is 45.2 Å². The number of fused-ring (bicyclic) bond motifs is 2. The largest absolute Gasteiger partial charge is 0.368 e. The highest BCUT2D eigenvalue weighted by Gasteiger charge is 2.25. The molecule has 15 nitrogen and oxygen atoms in total. The van der Waals surface area contributed by atoms with E-state index in [0.717, 1.165) is 17.8 Å². The number of aromatic amines is 1. The number of rotatable bonds is 7. The van der Waals surface area contributed by atoms with E-state index in [0.29, 0.717) is 54.4 Å². The number of halogens is 2. The number of benzene rings is 3. The Kier molecular flexibility index (Phi) is 8.28. The minimum atomic E-state index is -0.842. The van der Waals surface area contributed by atoms with Gasteiger partial charge in [-0.15, -0.1) is 0 Å². The summed E-state index contributed by atoms with van der Waals surface area (Å²) < 4.78 is 33.5. The number of nitrogens with one attached hydrogen (secondary N) is 2. The van der Waals surface area contributed by atoms with Crippen LogP contribution in [0.2, 0.25) is 0 Å². The SMILES string of the molecule is Cn1c(=O)c2cnc(Nc3ccc(N4CCN(C(=O)c5cc(Cn6c(=O)[nH]c(=O)c7c(F)cccc76)ccc5F)CC4)cc3)nc2n1-c1ncccn1. The first-order valence-electron chi connectivity index (χ1n) is 16.5. The lowest BCUT2D eigenvalue weighted by molar-refractivity contribution is 0.0742. The Labute approximate surface area is 297 Å². The normalized spacial score (nSPS) is 13.2. The summed E-state index contributed by atoms with van der Waals surface area (Å²) in [6, 6.07) is 17.2. The first-order chi connectivity index (χ1) is 25.7. The minimum absolute atomic E-state index is 0.0869. The second-order valence-electron chi connectivity index (χ2n) is 12.4. The quantitative estimate of drug-likeness (QED) is 0.250. The van der Waals surface area contributed by atoms with Crippen LogP contribution in [0, 0.1) is 11.6 Å². The predicted molar refractivity (Wildman–Crippen MR) is 192 cm³/mol. The molecule has 1 aliphatic heterocycles. The number of carbonyl (C=O) groups excluding carboxylic acids is 1. The van der Waals surface area contributed by atoms with E-state index in [-0.39, 0.29) is 34.5 Å². The summed E-state index contributed by atoms with van der Waals surface area (Å²) in [5, 5.41) is 3.23. The van der Waals surface area contributed by atoms with Crippen LogP contribution >= 0.6 is 0 Å². The average molecular weight is 718 g/mol. The number of nitrogens with zero attached hydrogens (tertiary/aromatic N) is 9. The first-order valence-corrected chi connectivity index (χ1v) is 16.5. The molecule has 2 N–H and O–H groups in total. The average Bonchev–Trinajstić information content (AvgIpc) is 3.42. The number of piperazine rings is 1. The van der Waals surface area contributed by atoms with Gasteiger partial charge in [-0.1, -0.05) is 12.1 Å². The molecule has 8 rings (SSSR count). The second-order valence-corrected chi connectivity index (χ2v) is 12.4. The number of aromatic nitrogens is 8. The summed E-state index contributed by atoms with van der Waals surface area (Å²) in [6.07, 6.45) is 4.62. The molecule has 0 bridgehead atoms. The van der Waals surface area contributed by atoms with Crippen LogP contribution < -0.4 is 27.0 Å². The Morgan fingerprint density at radius 1 is 0.887 bits per heavy atom. The van der Waals surface area contributed by atoms with E-state index in [1.807, 2.05) is 24.3 Å². The lowest BCUT2D eigenvalue weighted by Gasteiger charge is -2.36. The van der Waals surface area contributed by atoms with Crippen molar-refractivity contribution in [1.29, 1.82) is 0 Å². The van der Waals surface area contributed by atoms with Gasteiger partial charge in [0.25, 0.3) is 23.0 Å². The Balaban J connectivity index is 0.939. The molecule has 0 unspecified atom stereocenters. The zero-order valence-corrected chi connectivity index (χ0v) is 28.0. The van der Waals surface area contributed by atoms with Crippen molar-refractivity contribution < 1.29 is 13.6 Å². The summed E-state index contributed by atoms with van der Waals surface area (Å²) in [4.78, 5) is 74.4. The van der Waals surface area contributed by atoms with Gasteiger partial charge in [0.05, 0.1) is 23.0 Å². The monoisotopic (exact) mass is 717 g/mol. The first kappa shape index (κ1) is 33.1. The van der Waals surface area contributed by atoms with Crippen LogP contribution in [0.1, 0.15) is 15.9 Å². The van der Waals surface area contributed by atoms with Gasteiger partial charge in [0, 0.05) is 63.2 Å². The van der Waals surface area contributed by atoms with Crippen LogP contribution in [0.15, 0.2) is 99.7 Å². The molecule has 0 atom stereocenters. The summed E-state index contributed by atoms with van der Waals surface area (Å²) >= 11 is 0. The zero-order valence-electron chi connectivity index (χ0n) is 28.0. The van der Waals surface area contributed by atoms with E-state index in [9.17, 15) is 23.6 Å². The summed E-state index contributed by atoms with van der Waals surface area (Å²) in [6.45, 7) is 1.55. The van der Waals surface area contributed by atoms with E-state index < -0.39 is 28.8 Å². The van der Waals surface area contributed by atoms with Crippen molar-refractivity contribution in [2.24, 2.45) is 7.05 Å². The van der Waals surface area contributed by atoms with Crippen LogP contribution in [0.25, 0.3) is 27.9 Å². The zero-order chi connectivity index (χ0) is 36.8. The molecule has 1 fully saturated rings. The van der Waals surface area contributed by atoms with Crippen molar-refractivity contribution in [3.8, 4) is 5.95 Å². The molecule has 0 saturated carbocycles. The molecule has 7 aromatic rings. The highest BCUT2D eigenvalue weighted by atomic mass is 19.1. The third kappa shape index (κ3) is 6.07. The number of H-pyrrole nitrogens is 1. The van der Waals surface area contributed by atoms with Crippen molar-refractivity contribution in [1.82, 2.24) is 43.8 Å². The summed E-state index contributed by atoms with van der Waals surface area (Å²) in [5.41, 5.74) is 0.468. The predicted octanol–water partition coefficient (Wildman–Crippen LogP) is 2.94. The molecular formula is C36H29F2N11O4. The van der Waals surface area contributed by atoms with Crippen LogP contribution in [0.4, 0.5) is 26.1 Å². The highest BCUT2D eigenvalue weighted by Crippen LogP contribution is 2.24. The van der Waals surface area contributed by atoms with E-state index in [2.05, 4.69) is 35.1 Å². The van der Waals surface area contributed by atoms with E-state index >= 15 is 4.39 Å². The molecule has 1 aliphatic rings. The van der Waals surface area contributed by atoms with Crippen LogP contribution in [0.3, 0.4) is 0 Å². The maximum absolute atomic E-state index is 15.0. The molecular weight excluding hydrogens is 688 g/mol. The lowest BCUT2D eigenvalue weighted by atomic mass is 10.1. The van der Waals surface area contributed by atoms with Crippen LogP contribution in [0.5, 0.6) is 0 Å². The Morgan fingerprint density at radius 3 is 2.40 bits per heavy atom. The molecule has 53 heavy (non-hydrogen) atoms.